The SMILES string of the molecule is O=C(NC1CC1)[C@H](O)C1CCN(C[C@@H](O)Cc2ccccc2)CC1. The van der Waals surface area contributed by atoms with Gasteiger partial charge in [-0.3, -0.25) is 4.79 Å². The summed E-state index contributed by atoms with van der Waals surface area (Å²) in [5.41, 5.74) is 1.15. The number of likely N-dealkylation sites (tertiary alicyclic amines) is 1. The number of nitrogens with zero attached hydrogens (tertiary/aromatic N) is 1. The van der Waals surface area contributed by atoms with Gasteiger partial charge in [0.15, 0.2) is 0 Å². The summed E-state index contributed by atoms with van der Waals surface area (Å²) >= 11 is 0. The first-order valence-electron chi connectivity index (χ1n) is 9.04. The highest BCUT2D eigenvalue weighted by molar-refractivity contribution is 5.81. The van der Waals surface area contributed by atoms with Gasteiger partial charge >= 0.3 is 0 Å². The number of hydrogen-bond acceptors (Lipinski definition) is 4. The summed E-state index contributed by atoms with van der Waals surface area (Å²) in [7, 11) is 0. The molecule has 1 saturated heterocycles. The number of rotatable bonds is 7. The van der Waals surface area contributed by atoms with E-state index in [-0.39, 0.29) is 17.9 Å². The predicted octanol–water partition coefficient (Wildman–Crippen LogP) is 0.941. The Labute approximate surface area is 143 Å². The molecule has 1 aliphatic heterocycles. The van der Waals surface area contributed by atoms with Gasteiger partial charge in [0, 0.05) is 12.6 Å². The second kappa shape index (κ2) is 8.10. The predicted molar refractivity (Wildman–Crippen MR) is 92.5 cm³/mol. The summed E-state index contributed by atoms with van der Waals surface area (Å²) in [6.45, 7) is 2.29. The van der Waals surface area contributed by atoms with E-state index >= 15 is 0 Å². The summed E-state index contributed by atoms with van der Waals surface area (Å²) in [5.74, 6) is -0.175. The molecule has 1 amide bonds. The lowest BCUT2D eigenvalue weighted by Crippen LogP contribution is -2.46. The topological polar surface area (TPSA) is 72.8 Å². The number of nitrogens with one attached hydrogen (secondary N) is 1. The van der Waals surface area contributed by atoms with E-state index in [2.05, 4.69) is 10.2 Å². The van der Waals surface area contributed by atoms with E-state index in [1.165, 1.54) is 0 Å². The lowest BCUT2D eigenvalue weighted by molar-refractivity contribution is -0.133. The molecule has 24 heavy (non-hydrogen) atoms. The molecule has 5 heteroatoms. The van der Waals surface area contributed by atoms with Crippen LogP contribution in [0.15, 0.2) is 30.3 Å². The maximum atomic E-state index is 11.9. The lowest BCUT2D eigenvalue weighted by atomic mass is 9.90. The van der Waals surface area contributed by atoms with Crippen LogP contribution in [0.25, 0.3) is 0 Å². The molecule has 2 fully saturated rings. The third-order valence-electron chi connectivity index (χ3n) is 5.05. The fraction of sp³-hybridized carbons (Fsp3) is 0.632. The molecule has 0 unspecified atom stereocenters. The summed E-state index contributed by atoms with van der Waals surface area (Å²) in [4.78, 5) is 14.2. The van der Waals surface area contributed by atoms with Gasteiger partial charge in [-0.1, -0.05) is 30.3 Å². The van der Waals surface area contributed by atoms with Crippen LogP contribution in [0.4, 0.5) is 0 Å². The highest BCUT2D eigenvalue weighted by Gasteiger charge is 2.33. The first-order chi connectivity index (χ1) is 11.6. The van der Waals surface area contributed by atoms with Crippen LogP contribution >= 0.6 is 0 Å². The fourth-order valence-electron chi connectivity index (χ4n) is 3.43. The van der Waals surface area contributed by atoms with Gasteiger partial charge in [-0.25, -0.2) is 0 Å². The van der Waals surface area contributed by atoms with Crippen molar-refractivity contribution in [2.75, 3.05) is 19.6 Å². The molecule has 0 spiro atoms. The minimum Gasteiger partial charge on any atom is -0.391 e. The largest absolute Gasteiger partial charge is 0.391 e. The van der Waals surface area contributed by atoms with E-state index in [4.69, 9.17) is 0 Å². The smallest absolute Gasteiger partial charge is 0.249 e. The second-order valence-electron chi connectivity index (χ2n) is 7.21. The maximum Gasteiger partial charge on any atom is 0.249 e. The van der Waals surface area contributed by atoms with Gasteiger partial charge in [-0.15, -0.1) is 0 Å². The third-order valence-corrected chi connectivity index (χ3v) is 5.05. The second-order valence-corrected chi connectivity index (χ2v) is 7.21. The first-order valence-corrected chi connectivity index (χ1v) is 9.04. The average Bonchev–Trinajstić information content (AvgIpc) is 3.39. The number of carbonyl (C=O) groups is 1. The molecule has 1 aliphatic carbocycles. The quantitative estimate of drug-likeness (QED) is 0.695. The minimum atomic E-state index is -0.887. The Morgan fingerprint density at radius 2 is 1.79 bits per heavy atom. The number of hydrogen-bond donors (Lipinski definition) is 3. The van der Waals surface area contributed by atoms with Gasteiger partial charge in [0.2, 0.25) is 5.91 Å². The zero-order valence-corrected chi connectivity index (χ0v) is 14.1. The molecule has 3 N–H and O–H groups in total. The van der Waals surface area contributed by atoms with Crippen molar-refractivity contribution in [2.45, 2.75) is 50.4 Å². The standard InChI is InChI=1S/C19H28N2O3/c22-17(12-14-4-2-1-3-5-14)13-21-10-8-15(9-11-21)18(23)19(24)20-16-6-7-16/h1-5,15-18,22-23H,6-13H2,(H,20,24)/t17-,18+/m0/s1. The Morgan fingerprint density at radius 1 is 1.12 bits per heavy atom. The number of carbonyl (C=O) groups excluding carboxylic acids is 1. The number of piperidine rings is 1. The first kappa shape index (κ1) is 17.4. The van der Waals surface area contributed by atoms with Gasteiger partial charge < -0.3 is 20.4 Å². The fourth-order valence-corrected chi connectivity index (χ4v) is 3.43. The molecule has 1 aromatic carbocycles. The van der Waals surface area contributed by atoms with Crippen LogP contribution in [-0.4, -0.2) is 58.9 Å². The van der Waals surface area contributed by atoms with Gasteiger partial charge in [0.25, 0.3) is 0 Å². The van der Waals surface area contributed by atoms with Crippen molar-refractivity contribution in [3.05, 3.63) is 35.9 Å². The number of β-amino-alcohol motifs (C(OH)–C–C–N with tert-alkyl or cyclic N) is 1. The molecule has 5 nitrogen and oxygen atoms in total. The number of amides is 1. The van der Waals surface area contributed by atoms with E-state index < -0.39 is 6.10 Å². The monoisotopic (exact) mass is 332 g/mol. The Balaban J connectivity index is 1.39. The zero-order chi connectivity index (χ0) is 16.9. The van der Waals surface area contributed by atoms with Crippen LogP contribution < -0.4 is 5.32 Å². The average molecular weight is 332 g/mol. The highest BCUT2D eigenvalue weighted by Crippen LogP contribution is 2.23. The molecular weight excluding hydrogens is 304 g/mol. The van der Waals surface area contributed by atoms with Crippen LogP contribution in [0.3, 0.4) is 0 Å². The van der Waals surface area contributed by atoms with Crippen LogP contribution in [-0.2, 0) is 11.2 Å². The van der Waals surface area contributed by atoms with E-state index in [1.807, 2.05) is 30.3 Å². The molecular formula is C19H28N2O3. The van der Waals surface area contributed by atoms with E-state index in [0.29, 0.717) is 19.0 Å². The Morgan fingerprint density at radius 3 is 2.42 bits per heavy atom. The molecule has 2 aliphatic rings. The molecule has 1 heterocycles. The van der Waals surface area contributed by atoms with Crippen molar-refractivity contribution < 1.29 is 15.0 Å². The molecule has 0 radical (unpaired) electrons. The molecule has 1 saturated carbocycles. The summed E-state index contributed by atoms with van der Waals surface area (Å²) in [6, 6.07) is 10.3. The third kappa shape index (κ3) is 5.03. The number of benzene rings is 1. The van der Waals surface area contributed by atoms with E-state index in [9.17, 15) is 15.0 Å². The van der Waals surface area contributed by atoms with Crippen molar-refractivity contribution in [2.24, 2.45) is 5.92 Å². The lowest BCUT2D eigenvalue weighted by Gasteiger charge is -2.34. The number of aliphatic hydroxyl groups is 2. The zero-order valence-electron chi connectivity index (χ0n) is 14.1. The Bertz CT molecular complexity index is 525. The summed E-state index contributed by atoms with van der Waals surface area (Å²) in [6.07, 6.45) is 3.07. The highest BCUT2D eigenvalue weighted by atomic mass is 16.3. The molecule has 2 atom stereocenters. The molecule has 0 aromatic heterocycles. The van der Waals surface area contributed by atoms with Crippen molar-refractivity contribution in [3.63, 3.8) is 0 Å². The van der Waals surface area contributed by atoms with Gasteiger partial charge in [-0.2, -0.15) is 0 Å². The normalized spacial score (nSPS) is 22.1. The Hall–Kier alpha value is -1.43. The van der Waals surface area contributed by atoms with E-state index in [0.717, 1.165) is 44.3 Å². The molecule has 132 valence electrons. The maximum absolute atomic E-state index is 11.9. The van der Waals surface area contributed by atoms with Crippen LogP contribution in [0.1, 0.15) is 31.2 Å². The van der Waals surface area contributed by atoms with Crippen molar-refractivity contribution >= 4 is 5.91 Å². The van der Waals surface area contributed by atoms with Crippen molar-refractivity contribution in [1.82, 2.24) is 10.2 Å². The van der Waals surface area contributed by atoms with Gasteiger partial charge in [0.05, 0.1) is 6.10 Å². The van der Waals surface area contributed by atoms with Crippen molar-refractivity contribution in [3.8, 4) is 0 Å². The molecule has 3 rings (SSSR count). The summed E-state index contributed by atoms with van der Waals surface area (Å²) in [5, 5.41) is 23.4. The van der Waals surface area contributed by atoms with Crippen LogP contribution in [0.2, 0.25) is 0 Å². The summed E-state index contributed by atoms with van der Waals surface area (Å²) < 4.78 is 0. The van der Waals surface area contributed by atoms with Crippen LogP contribution in [0, 0.1) is 5.92 Å². The Kier molecular flexibility index (Phi) is 5.87. The van der Waals surface area contributed by atoms with E-state index in [1.54, 1.807) is 0 Å². The van der Waals surface area contributed by atoms with Crippen molar-refractivity contribution in [1.29, 1.82) is 0 Å². The molecule has 0 bridgehead atoms. The van der Waals surface area contributed by atoms with Gasteiger partial charge in [-0.05, 0) is 56.7 Å². The number of aliphatic hydroxyl groups excluding tert-OH is 2. The van der Waals surface area contributed by atoms with Gasteiger partial charge in [0.1, 0.15) is 6.10 Å². The minimum absolute atomic E-state index is 0.0336. The van der Waals surface area contributed by atoms with Crippen LogP contribution in [0.5, 0.6) is 0 Å². The molecule has 1 aromatic rings.